The molecule has 1 saturated heterocycles. The van der Waals surface area contributed by atoms with Gasteiger partial charge in [-0.2, -0.15) is 0 Å². The Labute approximate surface area is 144 Å². The highest BCUT2D eigenvalue weighted by atomic mass is 16.5. The Hall–Kier alpha value is -1.75. The van der Waals surface area contributed by atoms with Crippen molar-refractivity contribution < 1.29 is 14.3 Å². The first kappa shape index (κ1) is 17.1. The maximum Gasteiger partial charge on any atom is 0.237 e. The van der Waals surface area contributed by atoms with Crippen LogP contribution in [-0.4, -0.2) is 55.6 Å². The molecule has 3 rings (SSSR count). The quantitative estimate of drug-likeness (QED) is 0.770. The fourth-order valence-electron chi connectivity index (χ4n) is 3.68. The molecule has 2 aliphatic rings. The van der Waals surface area contributed by atoms with Crippen molar-refractivity contribution in [3.8, 4) is 11.5 Å². The third kappa shape index (κ3) is 3.51. The van der Waals surface area contributed by atoms with Gasteiger partial charge in [-0.1, -0.05) is 13.0 Å². The number of likely N-dealkylation sites (tertiary alicyclic amines) is 1. The van der Waals surface area contributed by atoms with Gasteiger partial charge in [0.15, 0.2) is 11.5 Å². The molecule has 132 valence electrons. The lowest BCUT2D eigenvalue weighted by molar-refractivity contribution is -0.133. The predicted octanol–water partition coefficient (Wildman–Crippen LogP) is 2.85. The number of carbonyl (C=O) groups is 1. The van der Waals surface area contributed by atoms with Gasteiger partial charge in [0, 0.05) is 12.6 Å². The monoisotopic (exact) mass is 332 g/mol. The van der Waals surface area contributed by atoms with Crippen LogP contribution in [0.1, 0.15) is 44.2 Å². The second-order valence-corrected chi connectivity index (χ2v) is 6.65. The normalized spacial score (nSPS) is 20.5. The van der Waals surface area contributed by atoms with Gasteiger partial charge >= 0.3 is 0 Å². The van der Waals surface area contributed by atoms with Crippen LogP contribution in [0.5, 0.6) is 11.5 Å². The summed E-state index contributed by atoms with van der Waals surface area (Å²) in [6.45, 7) is 4.48. The molecule has 0 N–H and O–H groups in total. The fourth-order valence-corrected chi connectivity index (χ4v) is 3.68. The molecule has 0 spiro atoms. The Morgan fingerprint density at radius 3 is 2.58 bits per heavy atom. The summed E-state index contributed by atoms with van der Waals surface area (Å²) in [7, 11) is 3.29. The van der Waals surface area contributed by atoms with Gasteiger partial charge in [-0.3, -0.25) is 9.69 Å². The van der Waals surface area contributed by atoms with E-state index in [4.69, 9.17) is 9.47 Å². The Morgan fingerprint density at radius 1 is 1.21 bits per heavy atom. The van der Waals surface area contributed by atoms with Crippen molar-refractivity contribution in [2.75, 3.05) is 33.9 Å². The first-order valence-electron chi connectivity index (χ1n) is 8.93. The van der Waals surface area contributed by atoms with E-state index in [1.165, 1.54) is 12.8 Å². The molecule has 1 heterocycles. The molecule has 1 amide bonds. The third-order valence-electron chi connectivity index (χ3n) is 5.17. The Bertz CT molecular complexity index is 586. The molecule has 1 aromatic carbocycles. The number of ether oxygens (including phenoxy) is 2. The highest BCUT2D eigenvalue weighted by Gasteiger charge is 2.34. The maximum absolute atomic E-state index is 12.8. The number of carbonyl (C=O) groups excluding carboxylic acids is 1. The van der Waals surface area contributed by atoms with E-state index in [0.29, 0.717) is 12.6 Å². The number of likely N-dealkylation sites (N-methyl/N-ethyl adjacent to an activating group) is 1. The lowest BCUT2D eigenvalue weighted by Gasteiger charge is -2.28. The van der Waals surface area contributed by atoms with E-state index in [2.05, 4.69) is 17.9 Å². The van der Waals surface area contributed by atoms with Crippen LogP contribution < -0.4 is 9.47 Å². The summed E-state index contributed by atoms with van der Waals surface area (Å²) < 4.78 is 10.7. The fraction of sp³-hybridized carbons (Fsp3) is 0.632. The average Bonchev–Trinajstić information content (AvgIpc) is 3.34. The second kappa shape index (κ2) is 7.43. The number of nitrogens with zero attached hydrogens (tertiary/aromatic N) is 2. The molecule has 1 aromatic rings. The van der Waals surface area contributed by atoms with E-state index in [0.717, 1.165) is 43.0 Å². The molecule has 5 heteroatoms. The minimum atomic E-state index is 0.148. The summed E-state index contributed by atoms with van der Waals surface area (Å²) in [5.74, 6) is 1.70. The molecular formula is C19H28N2O3. The van der Waals surface area contributed by atoms with Gasteiger partial charge in [0.25, 0.3) is 0 Å². The van der Waals surface area contributed by atoms with Crippen LogP contribution in [0.3, 0.4) is 0 Å². The van der Waals surface area contributed by atoms with Crippen molar-refractivity contribution >= 4 is 5.91 Å². The van der Waals surface area contributed by atoms with Crippen molar-refractivity contribution in [3.05, 3.63) is 23.8 Å². The SMILES string of the molecule is CCN(CC(=O)N1CCCC1c1ccc(OC)c(OC)c1)C1CC1. The minimum absolute atomic E-state index is 0.148. The maximum atomic E-state index is 12.8. The van der Waals surface area contributed by atoms with Crippen LogP contribution in [0.2, 0.25) is 0 Å². The van der Waals surface area contributed by atoms with Crippen molar-refractivity contribution in [2.45, 2.75) is 44.7 Å². The molecular weight excluding hydrogens is 304 g/mol. The summed E-state index contributed by atoms with van der Waals surface area (Å²) in [5, 5.41) is 0. The van der Waals surface area contributed by atoms with Crippen LogP contribution in [0, 0.1) is 0 Å². The number of benzene rings is 1. The topological polar surface area (TPSA) is 42.0 Å². The second-order valence-electron chi connectivity index (χ2n) is 6.65. The standard InChI is InChI=1S/C19H28N2O3/c1-4-20(15-8-9-15)13-19(22)21-11-5-6-16(21)14-7-10-17(23-2)18(12-14)24-3/h7,10,12,15-16H,4-6,8-9,11,13H2,1-3H3. The molecule has 0 aromatic heterocycles. The summed E-state index contributed by atoms with van der Waals surface area (Å²) >= 11 is 0. The van der Waals surface area contributed by atoms with Gasteiger partial charge < -0.3 is 14.4 Å². The Morgan fingerprint density at radius 2 is 1.96 bits per heavy atom. The molecule has 24 heavy (non-hydrogen) atoms. The van der Waals surface area contributed by atoms with Crippen LogP contribution in [0.4, 0.5) is 0 Å². The first-order valence-corrected chi connectivity index (χ1v) is 8.93. The molecule has 2 fully saturated rings. The molecule has 1 aliphatic carbocycles. The summed E-state index contributed by atoms with van der Waals surface area (Å²) in [6, 6.07) is 6.76. The van der Waals surface area contributed by atoms with Crippen LogP contribution in [-0.2, 0) is 4.79 Å². The number of methoxy groups -OCH3 is 2. The molecule has 1 unspecified atom stereocenters. The zero-order valence-electron chi connectivity index (χ0n) is 15.0. The number of amides is 1. The van der Waals surface area contributed by atoms with Gasteiger partial charge in [0.2, 0.25) is 5.91 Å². The average molecular weight is 332 g/mol. The van der Waals surface area contributed by atoms with Crippen molar-refractivity contribution in [1.29, 1.82) is 0 Å². The number of hydrogen-bond donors (Lipinski definition) is 0. The third-order valence-corrected chi connectivity index (χ3v) is 5.17. The predicted molar refractivity (Wildman–Crippen MR) is 93.5 cm³/mol. The molecule has 0 bridgehead atoms. The number of hydrogen-bond acceptors (Lipinski definition) is 4. The smallest absolute Gasteiger partial charge is 0.237 e. The van der Waals surface area contributed by atoms with E-state index < -0.39 is 0 Å². The van der Waals surface area contributed by atoms with E-state index >= 15 is 0 Å². The van der Waals surface area contributed by atoms with Crippen molar-refractivity contribution in [3.63, 3.8) is 0 Å². The van der Waals surface area contributed by atoms with E-state index in [1.54, 1.807) is 14.2 Å². The van der Waals surface area contributed by atoms with Crippen molar-refractivity contribution in [1.82, 2.24) is 9.80 Å². The van der Waals surface area contributed by atoms with Crippen LogP contribution in [0.25, 0.3) is 0 Å². The molecule has 0 radical (unpaired) electrons. The summed E-state index contributed by atoms with van der Waals surface area (Å²) in [4.78, 5) is 17.2. The molecule has 5 nitrogen and oxygen atoms in total. The summed E-state index contributed by atoms with van der Waals surface area (Å²) in [5.41, 5.74) is 1.13. The van der Waals surface area contributed by atoms with E-state index in [-0.39, 0.29) is 11.9 Å². The highest BCUT2D eigenvalue weighted by Crippen LogP contribution is 2.37. The Kier molecular flexibility index (Phi) is 5.29. The van der Waals surface area contributed by atoms with Crippen molar-refractivity contribution in [2.24, 2.45) is 0 Å². The van der Waals surface area contributed by atoms with E-state index in [9.17, 15) is 4.79 Å². The molecule has 1 aliphatic heterocycles. The zero-order valence-corrected chi connectivity index (χ0v) is 15.0. The van der Waals surface area contributed by atoms with Gasteiger partial charge in [0.05, 0.1) is 26.8 Å². The van der Waals surface area contributed by atoms with Gasteiger partial charge in [-0.25, -0.2) is 0 Å². The lowest BCUT2D eigenvalue weighted by atomic mass is 10.0. The van der Waals surface area contributed by atoms with Crippen LogP contribution in [0.15, 0.2) is 18.2 Å². The number of rotatable bonds is 7. The zero-order chi connectivity index (χ0) is 17.1. The van der Waals surface area contributed by atoms with E-state index in [1.807, 2.05) is 17.0 Å². The van der Waals surface area contributed by atoms with Gasteiger partial charge in [0.1, 0.15) is 0 Å². The minimum Gasteiger partial charge on any atom is -0.493 e. The largest absolute Gasteiger partial charge is 0.493 e. The Balaban J connectivity index is 1.73. The molecule has 1 saturated carbocycles. The summed E-state index contributed by atoms with van der Waals surface area (Å²) in [6.07, 6.45) is 4.54. The first-order chi connectivity index (χ1) is 11.7. The molecule has 1 atom stereocenters. The van der Waals surface area contributed by atoms with Gasteiger partial charge in [-0.15, -0.1) is 0 Å². The highest BCUT2D eigenvalue weighted by molar-refractivity contribution is 5.79. The lowest BCUT2D eigenvalue weighted by Crippen LogP contribution is -2.40. The van der Waals surface area contributed by atoms with Crippen LogP contribution >= 0.6 is 0 Å². The van der Waals surface area contributed by atoms with Gasteiger partial charge in [-0.05, 0) is 49.9 Å².